The van der Waals surface area contributed by atoms with Gasteiger partial charge in [0.05, 0.1) is 0 Å². The van der Waals surface area contributed by atoms with Crippen LogP contribution in [0.4, 0.5) is 0 Å². The van der Waals surface area contributed by atoms with Gasteiger partial charge in [-0.25, -0.2) is 4.79 Å². The fourth-order valence-electron chi connectivity index (χ4n) is 1.48. The number of carbonyl (C=O) groups is 1. The number of fused-ring (bicyclic) bond motifs is 1. The summed E-state index contributed by atoms with van der Waals surface area (Å²) < 4.78 is 15.1. The van der Waals surface area contributed by atoms with E-state index in [9.17, 15) is 9.59 Å². The largest absolute Gasteiger partial charge is 0.490 e. The Morgan fingerprint density at radius 2 is 2.00 bits per heavy atom. The highest BCUT2D eigenvalue weighted by molar-refractivity contribution is 5.77. The summed E-state index contributed by atoms with van der Waals surface area (Å²) in [4.78, 5) is 21.6. The lowest BCUT2D eigenvalue weighted by Gasteiger charge is -2.06. The van der Waals surface area contributed by atoms with E-state index in [1.807, 2.05) is 0 Å². The molecule has 1 aromatic carbocycles. The Kier molecular flexibility index (Phi) is 3.62. The second-order valence-corrected chi connectivity index (χ2v) is 3.64. The molecule has 2 aromatic rings. The summed E-state index contributed by atoms with van der Waals surface area (Å²) in [5.74, 6) is 0.215. The zero-order valence-corrected chi connectivity index (χ0v) is 9.84. The van der Waals surface area contributed by atoms with Gasteiger partial charge in [-0.2, -0.15) is 0 Å². The maximum atomic E-state index is 11.1. The fourth-order valence-corrected chi connectivity index (χ4v) is 1.48. The molecular weight excluding hydrogens is 236 g/mol. The third-order valence-corrected chi connectivity index (χ3v) is 2.25. The van der Waals surface area contributed by atoms with E-state index >= 15 is 0 Å². The molecule has 0 unspecified atom stereocenters. The van der Waals surface area contributed by atoms with Crippen molar-refractivity contribution in [3.8, 4) is 5.75 Å². The van der Waals surface area contributed by atoms with E-state index in [2.05, 4.69) is 0 Å². The minimum absolute atomic E-state index is 0.187. The van der Waals surface area contributed by atoms with Gasteiger partial charge >= 0.3 is 11.6 Å². The van der Waals surface area contributed by atoms with Crippen molar-refractivity contribution in [1.82, 2.24) is 0 Å². The summed E-state index contributed by atoms with van der Waals surface area (Å²) in [5, 5.41) is 0.821. The summed E-state index contributed by atoms with van der Waals surface area (Å²) in [6.45, 7) is 1.78. The average Bonchev–Trinajstić information content (AvgIpc) is 2.34. The average molecular weight is 248 g/mol. The van der Waals surface area contributed by atoms with Gasteiger partial charge in [-0.15, -0.1) is 0 Å². The number of hydrogen-bond acceptors (Lipinski definition) is 5. The third kappa shape index (κ3) is 3.10. The smallest absolute Gasteiger partial charge is 0.336 e. The van der Waals surface area contributed by atoms with Crippen LogP contribution in [0.25, 0.3) is 11.0 Å². The molecule has 0 N–H and O–H groups in total. The Morgan fingerprint density at radius 1 is 1.22 bits per heavy atom. The van der Waals surface area contributed by atoms with Crippen molar-refractivity contribution in [2.45, 2.75) is 6.92 Å². The Morgan fingerprint density at radius 3 is 2.78 bits per heavy atom. The fraction of sp³-hybridized carbons (Fsp3) is 0.231. The van der Waals surface area contributed by atoms with Gasteiger partial charge in [0.15, 0.2) is 0 Å². The van der Waals surface area contributed by atoms with Gasteiger partial charge in [-0.1, -0.05) is 0 Å². The van der Waals surface area contributed by atoms with Gasteiger partial charge in [0.2, 0.25) is 0 Å². The molecule has 0 fully saturated rings. The minimum Gasteiger partial charge on any atom is -0.490 e. The summed E-state index contributed by atoms with van der Waals surface area (Å²) in [7, 11) is 0. The summed E-state index contributed by atoms with van der Waals surface area (Å²) in [5.41, 5.74) is 0.0621. The molecule has 1 heterocycles. The summed E-state index contributed by atoms with van der Waals surface area (Å²) in [6, 6.07) is 8.23. The number of rotatable bonds is 4. The SMILES string of the molecule is CC(=O)OCCOc1ccc2ccc(=O)oc2c1. The molecule has 1 aromatic heterocycles. The minimum atomic E-state index is -0.403. The van der Waals surface area contributed by atoms with Gasteiger partial charge in [0.25, 0.3) is 0 Å². The van der Waals surface area contributed by atoms with E-state index in [0.717, 1.165) is 5.39 Å². The maximum absolute atomic E-state index is 11.1. The van der Waals surface area contributed by atoms with Crippen LogP contribution < -0.4 is 10.4 Å². The highest BCUT2D eigenvalue weighted by Gasteiger charge is 2.01. The first kappa shape index (κ1) is 12.2. The van der Waals surface area contributed by atoms with Gasteiger partial charge < -0.3 is 13.9 Å². The van der Waals surface area contributed by atoms with Gasteiger partial charge in [0.1, 0.15) is 24.5 Å². The molecule has 0 spiro atoms. The number of carbonyl (C=O) groups excluding carboxylic acids is 1. The molecule has 0 radical (unpaired) electrons. The second-order valence-electron chi connectivity index (χ2n) is 3.64. The molecule has 0 aliphatic rings. The molecule has 5 heteroatoms. The van der Waals surface area contributed by atoms with Crippen molar-refractivity contribution in [2.75, 3.05) is 13.2 Å². The van der Waals surface area contributed by atoms with Gasteiger partial charge in [-0.05, 0) is 18.2 Å². The molecule has 0 amide bonds. The lowest BCUT2D eigenvalue weighted by molar-refractivity contribution is -0.141. The van der Waals surface area contributed by atoms with Crippen LogP contribution in [-0.4, -0.2) is 19.2 Å². The quantitative estimate of drug-likeness (QED) is 0.468. The molecule has 0 saturated heterocycles. The van der Waals surface area contributed by atoms with Crippen LogP contribution >= 0.6 is 0 Å². The van der Waals surface area contributed by atoms with Crippen molar-refractivity contribution in [1.29, 1.82) is 0 Å². The van der Waals surface area contributed by atoms with Crippen molar-refractivity contribution < 1.29 is 18.7 Å². The second kappa shape index (κ2) is 5.35. The molecule has 0 saturated carbocycles. The van der Waals surface area contributed by atoms with Crippen LogP contribution in [0.5, 0.6) is 5.75 Å². The Hall–Kier alpha value is -2.30. The number of hydrogen-bond donors (Lipinski definition) is 0. The Bertz CT molecular complexity index is 614. The molecule has 94 valence electrons. The molecule has 0 aliphatic carbocycles. The first-order valence-electron chi connectivity index (χ1n) is 5.45. The monoisotopic (exact) mass is 248 g/mol. The van der Waals surface area contributed by atoms with Crippen molar-refractivity contribution >= 4 is 16.9 Å². The van der Waals surface area contributed by atoms with Crippen molar-refractivity contribution in [3.63, 3.8) is 0 Å². The molecule has 5 nitrogen and oxygen atoms in total. The number of benzene rings is 1. The standard InChI is InChI=1S/C13H12O5/c1-9(14)16-6-7-17-11-4-2-10-3-5-13(15)18-12(10)8-11/h2-5,8H,6-7H2,1H3. The number of esters is 1. The number of ether oxygens (including phenoxy) is 2. The van der Waals surface area contributed by atoms with Crippen molar-refractivity contribution in [2.24, 2.45) is 0 Å². The lowest BCUT2D eigenvalue weighted by atomic mass is 10.2. The van der Waals surface area contributed by atoms with E-state index in [1.165, 1.54) is 13.0 Å². The molecule has 0 aliphatic heterocycles. The van der Waals surface area contributed by atoms with E-state index < -0.39 is 5.63 Å². The molecule has 18 heavy (non-hydrogen) atoms. The van der Waals surface area contributed by atoms with Crippen LogP contribution in [0.1, 0.15) is 6.92 Å². The van der Waals surface area contributed by atoms with Crippen molar-refractivity contribution in [3.05, 3.63) is 40.8 Å². The molecule has 2 rings (SSSR count). The predicted molar refractivity (Wildman–Crippen MR) is 64.6 cm³/mol. The first-order chi connectivity index (χ1) is 8.65. The zero-order valence-electron chi connectivity index (χ0n) is 9.84. The van der Waals surface area contributed by atoms with E-state index in [1.54, 1.807) is 24.3 Å². The maximum Gasteiger partial charge on any atom is 0.336 e. The van der Waals surface area contributed by atoms with Crippen LogP contribution in [0.2, 0.25) is 0 Å². The topological polar surface area (TPSA) is 65.7 Å². The van der Waals surface area contributed by atoms with Crippen LogP contribution in [0.3, 0.4) is 0 Å². The summed E-state index contributed by atoms with van der Waals surface area (Å²) >= 11 is 0. The van der Waals surface area contributed by atoms with Crippen LogP contribution in [0, 0.1) is 0 Å². The first-order valence-corrected chi connectivity index (χ1v) is 5.45. The summed E-state index contributed by atoms with van der Waals surface area (Å²) in [6.07, 6.45) is 0. The van der Waals surface area contributed by atoms with Crippen LogP contribution in [0.15, 0.2) is 39.5 Å². The van der Waals surface area contributed by atoms with Gasteiger partial charge in [0, 0.05) is 24.4 Å². The predicted octanol–water partition coefficient (Wildman–Crippen LogP) is 1.73. The molecule has 0 atom stereocenters. The van der Waals surface area contributed by atoms with E-state index in [-0.39, 0.29) is 19.2 Å². The highest BCUT2D eigenvalue weighted by Crippen LogP contribution is 2.19. The van der Waals surface area contributed by atoms with E-state index in [0.29, 0.717) is 11.3 Å². The van der Waals surface area contributed by atoms with Gasteiger partial charge in [-0.3, -0.25) is 4.79 Å². The lowest BCUT2D eigenvalue weighted by Crippen LogP contribution is -2.09. The highest BCUT2D eigenvalue weighted by atomic mass is 16.6. The Balaban J connectivity index is 2.05. The zero-order chi connectivity index (χ0) is 13.0. The molecular formula is C13H12O5. The van der Waals surface area contributed by atoms with E-state index in [4.69, 9.17) is 13.9 Å². The van der Waals surface area contributed by atoms with Crippen LogP contribution in [-0.2, 0) is 9.53 Å². The molecule has 0 bridgehead atoms. The normalized spacial score (nSPS) is 10.3. The third-order valence-electron chi connectivity index (χ3n) is 2.25. The Labute approximate surface area is 103 Å².